The molecule has 0 aliphatic rings. The highest BCUT2D eigenvalue weighted by molar-refractivity contribution is 7.16. The Morgan fingerprint density at radius 3 is 2.46 bits per heavy atom. The minimum atomic E-state index is -0.387. The lowest BCUT2D eigenvalue weighted by molar-refractivity contribution is -0.839. The number of likely N-dealkylation sites (N-methyl/N-ethyl adjacent to an activating group) is 1. The number of rotatable bonds is 10. The number of aromatic nitrogens is 2. The number of thiophene rings is 1. The summed E-state index contributed by atoms with van der Waals surface area (Å²) < 4.78 is 1.42. The van der Waals surface area contributed by atoms with E-state index in [1.165, 1.54) is 11.3 Å². The molecule has 0 saturated heterocycles. The molecule has 0 aliphatic heterocycles. The molecule has 0 bridgehead atoms. The zero-order chi connectivity index (χ0) is 25.0. The van der Waals surface area contributed by atoms with Gasteiger partial charge in [0.25, 0.3) is 5.56 Å². The Morgan fingerprint density at radius 2 is 1.80 bits per heavy atom. The van der Waals surface area contributed by atoms with Gasteiger partial charge in [-0.1, -0.05) is 61.0 Å². The van der Waals surface area contributed by atoms with Gasteiger partial charge in [-0.3, -0.25) is 14.3 Å². The summed E-state index contributed by atoms with van der Waals surface area (Å²) in [7, 11) is 3.31. The van der Waals surface area contributed by atoms with Gasteiger partial charge in [0.15, 0.2) is 0 Å². The largest absolute Gasteiger partial charge is 0.633 e. The molecule has 2 aromatic carbocycles. The van der Waals surface area contributed by atoms with Crippen molar-refractivity contribution >= 4 is 33.2 Å². The van der Waals surface area contributed by atoms with E-state index >= 15 is 0 Å². The predicted octanol–water partition coefficient (Wildman–Crippen LogP) is 5.69. The maximum atomic E-state index is 13.6. The van der Waals surface area contributed by atoms with Crippen molar-refractivity contribution in [2.75, 3.05) is 27.2 Å². The van der Waals surface area contributed by atoms with Crippen LogP contribution in [0.1, 0.15) is 36.3 Å². The van der Waals surface area contributed by atoms with E-state index in [9.17, 15) is 10.0 Å². The summed E-state index contributed by atoms with van der Waals surface area (Å²) in [5.41, 5.74) is 2.11. The minimum absolute atomic E-state index is 0.0278. The molecule has 0 fully saturated rings. The molecule has 35 heavy (non-hydrogen) atoms. The van der Waals surface area contributed by atoms with Gasteiger partial charge in [-0.2, -0.15) is 0 Å². The number of hydrogen-bond donors (Lipinski definition) is 0. The fraction of sp³-hybridized carbons (Fsp3) is 0.333. The lowest BCUT2D eigenvalue weighted by Crippen LogP contribution is -2.43. The zero-order valence-electron chi connectivity index (χ0n) is 20.4. The van der Waals surface area contributed by atoms with Gasteiger partial charge < -0.3 is 9.85 Å². The third-order valence-electron chi connectivity index (χ3n) is 6.15. The molecule has 2 aromatic heterocycles. The molecule has 184 valence electrons. The third kappa shape index (κ3) is 6.37. The van der Waals surface area contributed by atoms with Gasteiger partial charge in [-0.05, 0) is 41.1 Å². The van der Waals surface area contributed by atoms with E-state index in [-0.39, 0.29) is 16.2 Å². The number of quaternary nitrogens is 1. The first-order chi connectivity index (χ1) is 16.7. The molecule has 6 nitrogen and oxygen atoms in total. The van der Waals surface area contributed by atoms with E-state index in [1.54, 1.807) is 14.1 Å². The molecule has 0 aliphatic carbocycles. The normalized spacial score (nSPS) is 13.0. The number of hydroxylamine groups is 3. The van der Waals surface area contributed by atoms with E-state index in [0.29, 0.717) is 36.6 Å². The Labute approximate surface area is 215 Å². The molecule has 0 N–H and O–H groups in total. The summed E-state index contributed by atoms with van der Waals surface area (Å²) in [6, 6.07) is 19.5. The highest BCUT2D eigenvalue weighted by Crippen LogP contribution is 2.28. The fourth-order valence-electron chi connectivity index (χ4n) is 4.28. The Hall–Kier alpha value is -2.55. The molecule has 2 heterocycles. The van der Waals surface area contributed by atoms with Crippen molar-refractivity contribution in [3.8, 4) is 0 Å². The Balaban J connectivity index is 1.79. The number of halogens is 1. The highest BCUT2D eigenvalue weighted by atomic mass is 35.5. The predicted molar refractivity (Wildman–Crippen MR) is 145 cm³/mol. The zero-order valence-corrected chi connectivity index (χ0v) is 21.9. The second-order valence-electron chi connectivity index (χ2n) is 9.30. The van der Waals surface area contributed by atoms with Gasteiger partial charge >= 0.3 is 0 Å². The van der Waals surface area contributed by atoms with Crippen molar-refractivity contribution in [2.24, 2.45) is 0 Å². The van der Waals surface area contributed by atoms with E-state index in [4.69, 9.17) is 16.6 Å². The average molecular weight is 511 g/mol. The van der Waals surface area contributed by atoms with Crippen LogP contribution in [0.4, 0.5) is 0 Å². The number of hydrogen-bond acceptors (Lipinski definition) is 5. The first-order valence-corrected chi connectivity index (χ1v) is 13.1. The monoisotopic (exact) mass is 510 g/mol. The van der Waals surface area contributed by atoms with Crippen LogP contribution in [0.15, 0.2) is 70.8 Å². The van der Waals surface area contributed by atoms with E-state index < -0.39 is 0 Å². The summed E-state index contributed by atoms with van der Waals surface area (Å²) >= 11 is 7.59. The molecule has 0 saturated carbocycles. The Bertz CT molecular complexity index is 1310. The molecule has 4 aromatic rings. The fourth-order valence-corrected chi connectivity index (χ4v) is 5.17. The molecule has 1 unspecified atom stereocenters. The SMILES string of the molecule is CCC(c1nc2sccc2c(=O)n1Cc1ccccc1)N(CC[N+](C)(C)[O-])Cc1ccc(Cl)cc1. The van der Waals surface area contributed by atoms with Crippen LogP contribution in [0.25, 0.3) is 10.2 Å². The summed E-state index contributed by atoms with van der Waals surface area (Å²) in [5, 5.41) is 15.7. The summed E-state index contributed by atoms with van der Waals surface area (Å²) in [6.45, 7) is 4.17. The van der Waals surface area contributed by atoms with E-state index in [0.717, 1.165) is 28.2 Å². The topological polar surface area (TPSA) is 61.2 Å². The Kier molecular flexibility index (Phi) is 8.04. The standard InChI is InChI=1S/C27H31ClN4O2S/c1-4-24(30(15-16-32(2,3)34)18-21-10-12-22(28)13-11-21)25-29-26-23(14-17-35-26)27(33)31(25)19-20-8-6-5-7-9-20/h5-14,17,24H,4,15-16,18-19H2,1-3H3. The summed E-state index contributed by atoms with van der Waals surface area (Å²) in [5.74, 6) is 0.737. The van der Waals surface area contributed by atoms with Gasteiger partial charge in [0.1, 0.15) is 10.7 Å². The van der Waals surface area contributed by atoms with Crippen LogP contribution in [-0.4, -0.2) is 46.3 Å². The average Bonchev–Trinajstić information content (AvgIpc) is 3.30. The minimum Gasteiger partial charge on any atom is -0.633 e. The van der Waals surface area contributed by atoms with Crippen LogP contribution in [0.5, 0.6) is 0 Å². The molecule has 0 spiro atoms. The highest BCUT2D eigenvalue weighted by Gasteiger charge is 2.26. The van der Waals surface area contributed by atoms with Gasteiger partial charge in [0.05, 0.1) is 38.6 Å². The smallest absolute Gasteiger partial charge is 0.262 e. The number of nitrogens with zero attached hydrogens (tertiary/aromatic N) is 4. The van der Waals surface area contributed by atoms with Crippen molar-refractivity contribution in [3.05, 3.63) is 104 Å². The molecular weight excluding hydrogens is 480 g/mol. The molecule has 8 heteroatoms. The van der Waals surface area contributed by atoms with Gasteiger partial charge in [-0.15, -0.1) is 11.3 Å². The maximum Gasteiger partial charge on any atom is 0.262 e. The lowest BCUT2D eigenvalue weighted by atomic mass is 10.1. The van der Waals surface area contributed by atoms with Crippen LogP contribution >= 0.6 is 22.9 Å². The third-order valence-corrected chi connectivity index (χ3v) is 7.21. The first kappa shape index (κ1) is 25.5. The molecule has 4 rings (SSSR count). The van der Waals surface area contributed by atoms with Crippen LogP contribution < -0.4 is 5.56 Å². The van der Waals surface area contributed by atoms with Crippen LogP contribution in [0, 0.1) is 5.21 Å². The number of benzene rings is 2. The van der Waals surface area contributed by atoms with Gasteiger partial charge in [0.2, 0.25) is 0 Å². The molecule has 1 atom stereocenters. The molecular formula is C27H31ClN4O2S. The van der Waals surface area contributed by atoms with E-state index in [2.05, 4.69) is 11.8 Å². The van der Waals surface area contributed by atoms with Gasteiger partial charge in [-0.25, -0.2) is 4.98 Å². The van der Waals surface area contributed by atoms with Crippen molar-refractivity contribution in [1.29, 1.82) is 0 Å². The summed E-state index contributed by atoms with van der Waals surface area (Å²) in [6.07, 6.45) is 0.748. The second kappa shape index (κ2) is 11.0. The van der Waals surface area contributed by atoms with E-state index in [1.807, 2.05) is 70.6 Å². The van der Waals surface area contributed by atoms with Crippen molar-refractivity contribution in [2.45, 2.75) is 32.5 Å². The van der Waals surface area contributed by atoms with Crippen molar-refractivity contribution in [3.63, 3.8) is 0 Å². The van der Waals surface area contributed by atoms with Gasteiger partial charge in [0, 0.05) is 18.1 Å². The Morgan fingerprint density at radius 1 is 1.09 bits per heavy atom. The molecule has 0 radical (unpaired) electrons. The number of fused-ring (bicyclic) bond motifs is 1. The van der Waals surface area contributed by atoms with Crippen molar-refractivity contribution in [1.82, 2.24) is 14.5 Å². The summed E-state index contributed by atoms with van der Waals surface area (Å²) in [4.78, 5) is 21.7. The first-order valence-electron chi connectivity index (χ1n) is 11.8. The van der Waals surface area contributed by atoms with Crippen molar-refractivity contribution < 1.29 is 4.65 Å². The van der Waals surface area contributed by atoms with Crippen LogP contribution in [0.2, 0.25) is 5.02 Å². The second-order valence-corrected chi connectivity index (χ2v) is 10.6. The quantitative estimate of drug-likeness (QED) is 0.203. The van der Waals surface area contributed by atoms with Crippen LogP contribution in [0.3, 0.4) is 0 Å². The molecule has 0 amide bonds. The maximum absolute atomic E-state index is 13.6. The van der Waals surface area contributed by atoms with Crippen LogP contribution in [-0.2, 0) is 13.1 Å². The lowest BCUT2D eigenvalue weighted by Gasteiger charge is -2.38.